The van der Waals surface area contributed by atoms with Crippen LogP contribution in [0.2, 0.25) is 0 Å². The number of nitrogens with zero attached hydrogens (tertiary/aromatic N) is 2. The third-order valence-electron chi connectivity index (χ3n) is 3.89. The zero-order valence-electron chi connectivity index (χ0n) is 10.8. The van der Waals surface area contributed by atoms with Crippen LogP contribution in [0.1, 0.15) is 37.8 Å². The molecule has 0 aliphatic heterocycles. The fourth-order valence-corrected chi connectivity index (χ4v) is 2.83. The molecule has 1 N–H and O–H groups in total. The molecular weight excluding hydrogens is 212 g/mol. The summed E-state index contributed by atoms with van der Waals surface area (Å²) < 4.78 is 2.17. The summed E-state index contributed by atoms with van der Waals surface area (Å²) in [6.07, 6.45) is 8.76. The highest BCUT2D eigenvalue weighted by atomic mass is 16.3. The number of rotatable bonds is 5. The Morgan fingerprint density at radius 1 is 1.35 bits per heavy atom. The van der Waals surface area contributed by atoms with Crippen molar-refractivity contribution in [2.75, 3.05) is 13.2 Å². The third-order valence-corrected chi connectivity index (χ3v) is 3.89. The van der Waals surface area contributed by atoms with Crippen LogP contribution in [0.25, 0.3) is 0 Å². The summed E-state index contributed by atoms with van der Waals surface area (Å²) in [6, 6.07) is 4.94. The number of aliphatic hydroxyl groups is 1. The molecule has 0 spiro atoms. The van der Waals surface area contributed by atoms with E-state index >= 15 is 0 Å². The first-order valence-electron chi connectivity index (χ1n) is 6.76. The Balaban J connectivity index is 1.98. The maximum atomic E-state index is 9.22. The lowest BCUT2D eigenvalue weighted by Crippen LogP contribution is -2.38. The number of hydrogen-bond acceptors (Lipinski definition) is 2. The van der Waals surface area contributed by atoms with Gasteiger partial charge in [-0.1, -0.05) is 19.3 Å². The summed E-state index contributed by atoms with van der Waals surface area (Å²) in [4.78, 5) is 2.45. The highest BCUT2D eigenvalue weighted by Crippen LogP contribution is 2.23. The molecule has 2 rings (SSSR count). The minimum Gasteiger partial charge on any atom is -0.395 e. The molecule has 1 aromatic rings. The van der Waals surface area contributed by atoms with E-state index in [1.165, 1.54) is 37.8 Å². The highest BCUT2D eigenvalue weighted by molar-refractivity contribution is 5.06. The molecule has 0 atom stereocenters. The second kappa shape index (κ2) is 6.22. The molecule has 0 unspecified atom stereocenters. The van der Waals surface area contributed by atoms with Crippen molar-refractivity contribution in [1.82, 2.24) is 9.47 Å². The van der Waals surface area contributed by atoms with Gasteiger partial charge in [0.25, 0.3) is 0 Å². The molecule has 3 heteroatoms. The van der Waals surface area contributed by atoms with Gasteiger partial charge < -0.3 is 9.67 Å². The van der Waals surface area contributed by atoms with Crippen molar-refractivity contribution < 1.29 is 5.11 Å². The van der Waals surface area contributed by atoms with Gasteiger partial charge in [-0.25, -0.2) is 0 Å². The van der Waals surface area contributed by atoms with Crippen LogP contribution in [0.15, 0.2) is 18.3 Å². The molecule has 0 aromatic carbocycles. The van der Waals surface area contributed by atoms with Crippen LogP contribution >= 0.6 is 0 Å². The first kappa shape index (κ1) is 12.7. The van der Waals surface area contributed by atoms with E-state index < -0.39 is 0 Å². The maximum Gasteiger partial charge on any atom is 0.0558 e. The first-order valence-corrected chi connectivity index (χ1v) is 6.76. The monoisotopic (exact) mass is 236 g/mol. The van der Waals surface area contributed by atoms with E-state index in [-0.39, 0.29) is 6.61 Å². The lowest BCUT2D eigenvalue weighted by atomic mass is 9.94. The maximum absolute atomic E-state index is 9.22. The van der Waals surface area contributed by atoms with Crippen molar-refractivity contribution in [1.29, 1.82) is 0 Å². The molecule has 96 valence electrons. The standard InChI is InChI=1S/C14H24N2O/c1-15-9-5-8-14(15)12-16(10-11-17)13-6-3-2-4-7-13/h5,8-9,13,17H,2-4,6-7,10-12H2,1H3. The van der Waals surface area contributed by atoms with Crippen LogP contribution in [0.4, 0.5) is 0 Å². The Hall–Kier alpha value is -0.800. The van der Waals surface area contributed by atoms with Gasteiger partial charge in [0.1, 0.15) is 0 Å². The predicted molar refractivity (Wildman–Crippen MR) is 69.8 cm³/mol. The fourth-order valence-electron chi connectivity index (χ4n) is 2.83. The van der Waals surface area contributed by atoms with Gasteiger partial charge in [-0.15, -0.1) is 0 Å². The lowest BCUT2D eigenvalue weighted by molar-refractivity contribution is 0.115. The molecule has 1 aromatic heterocycles. The van der Waals surface area contributed by atoms with Crippen molar-refractivity contribution >= 4 is 0 Å². The highest BCUT2D eigenvalue weighted by Gasteiger charge is 2.21. The largest absolute Gasteiger partial charge is 0.395 e. The zero-order chi connectivity index (χ0) is 12.1. The van der Waals surface area contributed by atoms with Gasteiger partial charge in [-0.2, -0.15) is 0 Å². The summed E-state index contributed by atoms with van der Waals surface area (Å²) in [5.41, 5.74) is 1.34. The van der Waals surface area contributed by atoms with Crippen LogP contribution in [-0.2, 0) is 13.6 Å². The molecule has 1 heterocycles. The van der Waals surface area contributed by atoms with E-state index in [2.05, 4.69) is 34.8 Å². The fraction of sp³-hybridized carbons (Fsp3) is 0.714. The van der Waals surface area contributed by atoms with Crippen molar-refractivity contribution in [2.45, 2.75) is 44.7 Å². The van der Waals surface area contributed by atoms with Crippen LogP contribution in [0.5, 0.6) is 0 Å². The molecule has 0 bridgehead atoms. The van der Waals surface area contributed by atoms with Crippen LogP contribution in [-0.4, -0.2) is 33.8 Å². The van der Waals surface area contributed by atoms with Crippen LogP contribution < -0.4 is 0 Å². The smallest absolute Gasteiger partial charge is 0.0558 e. The summed E-state index contributed by atoms with van der Waals surface area (Å²) in [5, 5.41) is 9.22. The molecule has 1 fully saturated rings. The Morgan fingerprint density at radius 2 is 2.12 bits per heavy atom. The van der Waals surface area contributed by atoms with Crippen LogP contribution in [0, 0.1) is 0 Å². The average molecular weight is 236 g/mol. The predicted octanol–water partition coefficient (Wildman–Crippen LogP) is 2.15. The van der Waals surface area contributed by atoms with E-state index in [0.717, 1.165) is 13.1 Å². The number of hydrogen-bond donors (Lipinski definition) is 1. The van der Waals surface area contributed by atoms with Gasteiger partial charge in [0.15, 0.2) is 0 Å². The second-order valence-corrected chi connectivity index (χ2v) is 5.10. The second-order valence-electron chi connectivity index (χ2n) is 5.10. The minimum absolute atomic E-state index is 0.265. The molecule has 17 heavy (non-hydrogen) atoms. The zero-order valence-corrected chi connectivity index (χ0v) is 10.8. The normalized spacial score (nSPS) is 17.8. The number of aryl methyl sites for hydroxylation is 1. The van der Waals surface area contributed by atoms with Gasteiger partial charge in [-0.3, -0.25) is 4.90 Å². The minimum atomic E-state index is 0.265. The molecule has 0 saturated heterocycles. The quantitative estimate of drug-likeness (QED) is 0.848. The van der Waals surface area contributed by atoms with E-state index in [9.17, 15) is 5.11 Å². The molecule has 0 amide bonds. The number of aliphatic hydroxyl groups excluding tert-OH is 1. The van der Waals surface area contributed by atoms with Gasteiger partial charge >= 0.3 is 0 Å². The van der Waals surface area contributed by atoms with E-state index in [1.807, 2.05) is 0 Å². The first-order chi connectivity index (χ1) is 8.31. The Kier molecular flexibility index (Phi) is 4.63. The Labute approximate surface area is 104 Å². The van der Waals surface area contributed by atoms with Crippen molar-refractivity contribution in [2.24, 2.45) is 7.05 Å². The molecular formula is C14H24N2O. The lowest BCUT2D eigenvalue weighted by Gasteiger charge is -2.34. The van der Waals surface area contributed by atoms with Gasteiger partial charge in [0, 0.05) is 38.1 Å². The van der Waals surface area contributed by atoms with Gasteiger partial charge in [-0.05, 0) is 25.0 Å². The van der Waals surface area contributed by atoms with Crippen molar-refractivity contribution in [3.63, 3.8) is 0 Å². The van der Waals surface area contributed by atoms with Gasteiger partial charge in [0.2, 0.25) is 0 Å². The van der Waals surface area contributed by atoms with E-state index in [0.29, 0.717) is 6.04 Å². The summed E-state index contributed by atoms with van der Waals surface area (Å²) >= 11 is 0. The van der Waals surface area contributed by atoms with Gasteiger partial charge in [0.05, 0.1) is 6.61 Å². The Bertz CT molecular complexity index is 329. The van der Waals surface area contributed by atoms with Crippen molar-refractivity contribution in [3.8, 4) is 0 Å². The molecule has 3 nitrogen and oxygen atoms in total. The topological polar surface area (TPSA) is 28.4 Å². The summed E-state index contributed by atoms with van der Waals surface area (Å²) in [6.45, 7) is 2.03. The summed E-state index contributed by atoms with van der Waals surface area (Å²) in [5.74, 6) is 0. The molecule has 1 aliphatic carbocycles. The van der Waals surface area contributed by atoms with E-state index in [4.69, 9.17) is 0 Å². The molecule has 1 saturated carbocycles. The Morgan fingerprint density at radius 3 is 2.71 bits per heavy atom. The SMILES string of the molecule is Cn1cccc1CN(CCO)C1CCCCC1. The third kappa shape index (κ3) is 3.33. The van der Waals surface area contributed by atoms with E-state index in [1.54, 1.807) is 0 Å². The molecule has 1 aliphatic rings. The van der Waals surface area contributed by atoms with Crippen molar-refractivity contribution in [3.05, 3.63) is 24.0 Å². The summed E-state index contributed by atoms with van der Waals surface area (Å²) in [7, 11) is 2.09. The van der Waals surface area contributed by atoms with Crippen LogP contribution in [0.3, 0.4) is 0 Å². The average Bonchev–Trinajstić information content (AvgIpc) is 2.76. The molecule has 0 radical (unpaired) electrons. The number of aromatic nitrogens is 1.